The molecule has 0 aliphatic carbocycles. The lowest BCUT2D eigenvalue weighted by Crippen LogP contribution is -2.34. The number of anilines is 1. The summed E-state index contributed by atoms with van der Waals surface area (Å²) in [6.45, 7) is 1.33. The molecule has 1 fully saturated rings. The molecule has 21 heavy (non-hydrogen) atoms. The van der Waals surface area contributed by atoms with Gasteiger partial charge in [0.15, 0.2) is 0 Å². The van der Waals surface area contributed by atoms with E-state index in [1.54, 1.807) is 0 Å². The summed E-state index contributed by atoms with van der Waals surface area (Å²) < 4.78 is 71.4. The van der Waals surface area contributed by atoms with E-state index < -0.39 is 20.2 Å². The van der Waals surface area contributed by atoms with Crippen molar-refractivity contribution in [3.63, 3.8) is 0 Å². The standard InChI is InChI=1S/C12H14F3NO4S/c13-12(14,15)21(17,18)11-4-2-1-3-10(11)16-7-9-8-19-5-6-20-9/h1-4,9,16H,5-8H2. The molecule has 1 atom stereocenters. The first-order chi connectivity index (χ1) is 9.82. The van der Waals surface area contributed by atoms with E-state index in [2.05, 4.69) is 5.32 Å². The molecule has 0 saturated carbocycles. The van der Waals surface area contributed by atoms with Gasteiger partial charge in [-0.15, -0.1) is 0 Å². The Morgan fingerprint density at radius 1 is 1.24 bits per heavy atom. The Bertz CT molecular complexity index is 582. The van der Waals surface area contributed by atoms with Gasteiger partial charge >= 0.3 is 5.51 Å². The highest BCUT2D eigenvalue weighted by Crippen LogP contribution is 2.34. The van der Waals surface area contributed by atoms with Gasteiger partial charge in [-0.05, 0) is 12.1 Å². The van der Waals surface area contributed by atoms with Crippen molar-refractivity contribution in [2.75, 3.05) is 31.7 Å². The largest absolute Gasteiger partial charge is 0.501 e. The summed E-state index contributed by atoms with van der Waals surface area (Å²) in [7, 11) is -5.39. The number of ether oxygens (including phenoxy) is 2. The van der Waals surface area contributed by atoms with E-state index in [0.29, 0.717) is 19.8 Å². The summed E-state index contributed by atoms with van der Waals surface area (Å²) in [4.78, 5) is -0.797. The van der Waals surface area contributed by atoms with Gasteiger partial charge < -0.3 is 14.8 Å². The van der Waals surface area contributed by atoms with Gasteiger partial charge in [-0.3, -0.25) is 0 Å². The average Bonchev–Trinajstić information content (AvgIpc) is 2.45. The minimum Gasteiger partial charge on any atom is -0.381 e. The zero-order valence-corrected chi connectivity index (χ0v) is 11.7. The van der Waals surface area contributed by atoms with E-state index in [9.17, 15) is 21.6 Å². The van der Waals surface area contributed by atoms with Gasteiger partial charge in [0.1, 0.15) is 0 Å². The molecule has 0 spiro atoms. The highest BCUT2D eigenvalue weighted by molar-refractivity contribution is 7.92. The summed E-state index contributed by atoms with van der Waals surface area (Å²) in [5, 5.41) is 2.68. The van der Waals surface area contributed by atoms with Crippen molar-refractivity contribution in [1.82, 2.24) is 0 Å². The lowest BCUT2D eigenvalue weighted by Gasteiger charge is -2.24. The van der Waals surface area contributed by atoms with E-state index in [1.165, 1.54) is 18.2 Å². The molecular weight excluding hydrogens is 311 g/mol. The van der Waals surface area contributed by atoms with Crippen LogP contribution in [0.1, 0.15) is 0 Å². The van der Waals surface area contributed by atoms with Crippen molar-refractivity contribution in [1.29, 1.82) is 0 Å². The van der Waals surface area contributed by atoms with Crippen LogP contribution in [0.3, 0.4) is 0 Å². The molecule has 1 aromatic carbocycles. The molecule has 1 saturated heterocycles. The Kier molecular flexibility index (Phi) is 4.74. The van der Waals surface area contributed by atoms with Crippen LogP contribution in [0.15, 0.2) is 29.2 Å². The number of alkyl halides is 3. The topological polar surface area (TPSA) is 64.6 Å². The fourth-order valence-electron chi connectivity index (χ4n) is 1.85. The number of halogens is 3. The third-order valence-corrected chi connectivity index (χ3v) is 4.43. The summed E-state index contributed by atoms with van der Waals surface area (Å²) in [6.07, 6.45) is -0.333. The fourth-order valence-corrected chi connectivity index (χ4v) is 2.79. The molecule has 0 aromatic heterocycles. The molecule has 0 bridgehead atoms. The quantitative estimate of drug-likeness (QED) is 0.915. The van der Waals surface area contributed by atoms with Gasteiger partial charge in [0.05, 0.1) is 36.5 Å². The molecule has 9 heteroatoms. The lowest BCUT2D eigenvalue weighted by molar-refractivity contribution is -0.0819. The highest BCUT2D eigenvalue weighted by atomic mass is 32.2. The smallest absolute Gasteiger partial charge is 0.381 e. The number of hydrogen-bond acceptors (Lipinski definition) is 5. The first kappa shape index (κ1) is 16.1. The molecule has 1 N–H and O–H groups in total. The van der Waals surface area contributed by atoms with E-state index in [4.69, 9.17) is 9.47 Å². The second kappa shape index (κ2) is 6.20. The molecule has 1 heterocycles. The van der Waals surface area contributed by atoms with Crippen molar-refractivity contribution in [3.8, 4) is 0 Å². The van der Waals surface area contributed by atoms with Crippen molar-refractivity contribution in [2.45, 2.75) is 16.5 Å². The second-order valence-electron chi connectivity index (χ2n) is 4.39. The summed E-state index contributed by atoms with van der Waals surface area (Å²) in [5.41, 5.74) is -5.45. The van der Waals surface area contributed by atoms with Gasteiger partial charge in [0, 0.05) is 6.54 Å². The Balaban J connectivity index is 2.17. The number of sulfone groups is 1. The predicted octanol–water partition coefficient (Wildman–Crippen LogP) is 1.81. The molecule has 118 valence electrons. The first-order valence-corrected chi connectivity index (χ1v) is 7.64. The molecule has 1 aliphatic heterocycles. The lowest BCUT2D eigenvalue weighted by atomic mass is 10.3. The van der Waals surface area contributed by atoms with Crippen LogP contribution in [0.5, 0.6) is 0 Å². The molecular formula is C12H14F3NO4S. The molecule has 2 rings (SSSR count). The summed E-state index contributed by atoms with van der Waals surface area (Å²) in [6, 6.07) is 4.89. The van der Waals surface area contributed by atoms with E-state index in [-0.39, 0.29) is 18.3 Å². The summed E-state index contributed by atoms with van der Waals surface area (Å²) in [5.74, 6) is 0. The predicted molar refractivity (Wildman–Crippen MR) is 68.7 cm³/mol. The van der Waals surface area contributed by atoms with Crippen molar-refractivity contribution < 1.29 is 31.1 Å². The normalized spacial score (nSPS) is 20.2. The molecule has 5 nitrogen and oxygen atoms in total. The Morgan fingerprint density at radius 3 is 2.57 bits per heavy atom. The van der Waals surface area contributed by atoms with Crippen LogP contribution in [-0.4, -0.2) is 46.4 Å². The van der Waals surface area contributed by atoms with Crippen LogP contribution in [0.25, 0.3) is 0 Å². The van der Waals surface area contributed by atoms with E-state index >= 15 is 0 Å². The Morgan fingerprint density at radius 2 is 1.95 bits per heavy atom. The second-order valence-corrected chi connectivity index (χ2v) is 6.30. The third-order valence-electron chi connectivity index (χ3n) is 2.89. The van der Waals surface area contributed by atoms with Crippen LogP contribution in [0.4, 0.5) is 18.9 Å². The van der Waals surface area contributed by atoms with Crippen molar-refractivity contribution in [3.05, 3.63) is 24.3 Å². The van der Waals surface area contributed by atoms with Gasteiger partial charge in [-0.1, -0.05) is 12.1 Å². The monoisotopic (exact) mass is 325 g/mol. The maximum absolute atomic E-state index is 12.6. The van der Waals surface area contributed by atoms with Crippen LogP contribution in [-0.2, 0) is 19.3 Å². The van der Waals surface area contributed by atoms with Crippen LogP contribution < -0.4 is 5.32 Å². The number of benzene rings is 1. The van der Waals surface area contributed by atoms with Crippen molar-refractivity contribution in [2.24, 2.45) is 0 Å². The molecule has 0 amide bonds. The number of para-hydroxylation sites is 1. The molecule has 1 aromatic rings. The Labute approximate surface area is 120 Å². The van der Waals surface area contributed by atoms with E-state index in [0.717, 1.165) is 6.07 Å². The van der Waals surface area contributed by atoms with Crippen LogP contribution in [0, 0.1) is 0 Å². The SMILES string of the molecule is O=S(=O)(c1ccccc1NCC1COCCO1)C(F)(F)F. The molecule has 0 radical (unpaired) electrons. The molecule has 1 unspecified atom stereocenters. The van der Waals surface area contributed by atoms with Crippen molar-refractivity contribution >= 4 is 15.5 Å². The van der Waals surface area contributed by atoms with Crippen LogP contribution in [0.2, 0.25) is 0 Å². The van der Waals surface area contributed by atoms with Gasteiger partial charge in [0.25, 0.3) is 9.84 Å². The zero-order valence-electron chi connectivity index (χ0n) is 10.9. The minimum atomic E-state index is -5.39. The Hall–Kier alpha value is -1.32. The number of nitrogens with one attached hydrogen (secondary N) is 1. The highest BCUT2D eigenvalue weighted by Gasteiger charge is 2.47. The average molecular weight is 325 g/mol. The van der Waals surface area contributed by atoms with Crippen LogP contribution >= 0.6 is 0 Å². The van der Waals surface area contributed by atoms with Gasteiger partial charge in [0.2, 0.25) is 0 Å². The molecule has 1 aliphatic rings. The summed E-state index contributed by atoms with van der Waals surface area (Å²) >= 11 is 0. The minimum absolute atomic E-state index is 0.107. The number of rotatable bonds is 4. The van der Waals surface area contributed by atoms with Gasteiger partial charge in [-0.25, -0.2) is 8.42 Å². The zero-order chi connectivity index (χ0) is 15.5. The fraction of sp³-hybridized carbons (Fsp3) is 0.500. The third kappa shape index (κ3) is 3.66. The first-order valence-electron chi connectivity index (χ1n) is 6.16. The van der Waals surface area contributed by atoms with E-state index in [1.807, 2.05) is 0 Å². The number of hydrogen-bond donors (Lipinski definition) is 1. The maximum atomic E-state index is 12.6. The maximum Gasteiger partial charge on any atom is 0.501 e. The van der Waals surface area contributed by atoms with Gasteiger partial charge in [-0.2, -0.15) is 13.2 Å².